The van der Waals surface area contributed by atoms with Crippen LogP contribution in [0, 0.1) is 11.6 Å². The zero-order valence-electron chi connectivity index (χ0n) is 11.1. The van der Waals surface area contributed by atoms with Crippen LogP contribution in [0.5, 0.6) is 0 Å². The summed E-state index contributed by atoms with van der Waals surface area (Å²) in [4.78, 5) is 8.48. The van der Waals surface area contributed by atoms with Crippen LogP contribution in [0.1, 0.15) is 17.2 Å². The molecule has 0 saturated carbocycles. The average molecular weight is 285 g/mol. The maximum Gasteiger partial charge on any atom is 0.126 e. The van der Waals surface area contributed by atoms with Crippen molar-refractivity contribution in [2.24, 2.45) is 5.73 Å². The van der Waals surface area contributed by atoms with Gasteiger partial charge >= 0.3 is 0 Å². The zero-order valence-corrected chi connectivity index (χ0v) is 11.1. The molecule has 3 rings (SSSR count). The van der Waals surface area contributed by atoms with Crippen molar-refractivity contribution >= 4 is 11.0 Å². The second-order valence-electron chi connectivity index (χ2n) is 4.82. The van der Waals surface area contributed by atoms with Crippen molar-refractivity contribution in [2.75, 3.05) is 0 Å². The molecule has 3 nitrogen and oxygen atoms in total. The van der Waals surface area contributed by atoms with Crippen LogP contribution >= 0.6 is 0 Å². The van der Waals surface area contributed by atoms with Crippen LogP contribution in [0.15, 0.2) is 48.8 Å². The van der Waals surface area contributed by atoms with E-state index in [0.717, 1.165) is 23.2 Å². The minimum absolute atomic E-state index is 0.194. The predicted molar refractivity (Wildman–Crippen MR) is 76.5 cm³/mol. The van der Waals surface area contributed by atoms with Gasteiger partial charge in [-0.2, -0.15) is 0 Å². The van der Waals surface area contributed by atoms with Crippen LogP contribution in [0.4, 0.5) is 8.78 Å². The molecule has 1 aromatic heterocycles. The monoisotopic (exact) mass is 285 g/mol. The van der Waals surface area contributed by atoms with Gasteiger partial charge in [-0.15, -0.1) is 0 Å². The highest BCUT2D eigenvalue weighted by molar-refractivity contribution is 5.78. The van der Waals surface area contributed by atoms with Crippen LogP contribution < -0.4 is 5.73 Å². The number of nitrogens with two attached hydrogens (primary N) is 1. The van der Waals surface area contributed by atoms with Gasteiger partial charge in [0.15, 0.2) is 0 Å². The third-order valence-corrected chi connectivity index (χ3v) is 3.38. The number of hydrogen-bond donors (Lipinski definition) is 1. The summed E-state index contributed by atoms with van der Waals surface area (Å²) in [7, 11) is 0. The molecule has 3 aromatic rings. The minimum atomic E-state index is -0.485. The van der Waals surface area contributed by atoms with E-state index in [2.05, 4.69) is 9.97 Å². The lowest BCUT2D eigenvalue weighted by Crippen LogP contribution is -2.15. The second-order valence-corrected chi connectivity index (χ2v) is 4.82. The number of rotatable bonds is 3. The summed E-state index contributed by atoms with van der Waals surface area (Å²) >= 11 is 0. The minimum Gasteiger partial charge on any atom is -0.324 e. The standard InChI is InChI=1S/C16H13F2N3/c17-11-4-5-13(18)10(8-11)9-14(19)12-2-1-3-15-16(12)21-7-6-20-15/h1-8,14H,9,19H2. The molecule has 0 aliphatic carbocycles. The molecule has 0 fully saturated rings. The summed E-state index contributed by atoms with van der Waals surface area (Å²) in [6.07, 6.45) is 3.38. The lowest BCUT2D eigenvalue weighted by atomic mass is 9.98. The number of para-hydroxylation sites is 1. The number of halogens is 2. The van der Waals surface area contributed by atoms with Crippen LogP contribution in [-0.2, 0) is 6.42 Å². The Balaban J connectivity index is 1.97. The van der Waals surface area contributed by atoms with Crippen molar-refractivity contribution in [1.82, 2.24) is 9.97 Å². The lowest BCUT2D eigenvalue weighted by molar-refractivity contribution is 0.573. The van der Waals surface area contributed by atoms with Gasteiger partial charge in [-0.3, -0.25) is 9.97 Å². The molecule has 0 aliphatic rings. The highest BCUT2D eigenvalue weighted by atomic mass is 19.1. The van der Waals surface area contributed by atoms with Crippen molar-refractivity contribution in [3.05, 3.63) is 71.6 Å². The summed E-state index contributed by atoms with van der Waals surface area (Å²) < 4.78 is 26.9. The first-order chi connectivity index (χ1) is 10.1. The molecule has 21 heavy (non-hydrogen) atoms. The summed E-state index contributed by atoms with van der Waals surface area (Å²) in [5, 5.41) is 0. The molecule has 0 aliphatic heterocycles. The third-order valence-electron chi connectivity index (χ3n) is 3.38. The molecular weight excluding hydrogens is 272 g/mol. The molecule has 1 atom stereocenters. The first-order valence-corrected chi connectivity index (χ1v) is 6.54. The van der Waals surface area contributed by atoms with Crippen molar-refractivity contribution in [3.63, 3.8) is 0 Å². The van der Waals surface area contributed by atoms with Gasteiger partial charge in [-0.25, -0.2) is 8.78 Å². The number of nitrogens with zero attached hydrogens (tertiary/aromatic N) is 2. The van der Waals surface area contributed by atoms with E-state index in [4.69, 9.17) is 5.73 Å². The summed E-state index contributed by atoms with van der Waals surface area (Å²) in [6.45, 7) is 0. The first kappa shape index (κ1) is 13.6. The molecule has 1 unspecified atom stereocenters. The molecule has 106 valence electrons. The van der Waals surface area contributed by atoms with Crippen LogP contribution in [0.3, 0.4) is 0 Å². The molecule has 0 radical (unpaired) electrons. The molecular formula is C16H13F2N3. The molecule has 2 N–H and O–H groups in total. The van der Waals surface area contributed by atoms with E-state index in [-0.39, 0.29) is 12.0 Å². The van der Waals surface area contributed by atoms with Gasteiger partial charge in [-0.1, -0.05) is 12.1 Å². The van der Waals surface area contributed by atoms with Gasteiger partial charge in [0.1, 0.15) is 11.6 Å². The van der Waals surface area contributed by atoms with Crippen LogP contribution in [-0.4, -0.2) is 9.97 Å². The Morgan fingerprint density at radius 1 is 1.05 bits per heavy atom. The molecule has 2 aromatic carbocycles. The Hall–Kier alpha value is -2.40. The fourth-order valence-corrected chi connectivity index (χ4v) is 2.36. The van der Waals surface area contributed by atoms with E-state index in [0.29, 0.717) is 5.52 Å². The highest BCUT2D eigenvalue weighted by Gasteiger charge is 2.14. The summed E-state index contributed by atoms with van der Waals surface area (Å²) in [5.41, 5.74) is 8.59. The first-order valence-electron chi connectivity index (χ1n) is 6.54. The number of aromatic nitrogens is 2. The topological polar surface area (TPSA) is 51.8 Å². The lowest BCUT2D eigenvalue weighted by Gasteiger charge is -2.14. The van der Waals surface area contributed by atoms with E-state index in [9.17, 15) is 8.78 Å². The summed E-state index contributed by atoms with van der Waals surface area (Å²) in [6, 6.07) is 8.38. The fraction of sp³-hybridized carbons (Fsp3) is 0.125. The Morgan fingerprint density at radius 2 is 1.86 bits per heavy atom. The molecule has 1 heterocycles. The van der Waals surface area contributed by atoms with Crippen molar-refractivity contribution in [1.29, 1.82) is 0 Å². The van der Waals surface area contributed by atoms with Gasteiger partial charge < -0.3 is 5.73 Å². The Morgan fingerprint density at radius 3 is 2.71 bits per heavy atom. The quantitative estimate of drug-likeness (QED) is 0.804. The molecule has 5 heteroatoms. The largest absolute Gasteiger partial charge is 0.324 e. The number of hydrogen-bond acceptors (Lipinski definition) is 3. The van der Waals surface area contributed by atoms with Gasteiger partial charge in [-0.05, 0) is 41.8 Å². The molecule has 0 spiro atoms. The maximum absolute atomic E-state index is 13.7. The molecule has 0 amide bonds. The van der Waals surface area contributed by atoms with Crippen molar-refractivity contribution in [3.8, 4) is 0 Å². The Kier molecular flexibility index (Phi) is 3.58. The van der Waals surface area contributed by atoms with Gasteiger partial charge in [0, 0.05) is 18.4 Å². The van der Waals surface area contributed by atoms with Crippen molar-refractivity contribution in [2.45, 2.75) is 12.5 Å². The highest BCUT2D eigenvalue weighted by Crippen LogP contribution is 2.23. The van der Waals surface area contributed by atoms with Crippen molar-refractivity contribution < 1.29 is 8.78 Å². The van der Waals surface area contributed by atoms with Crippen LogP contribution in [0.2, 0.25) is 0 Å². The summed E-state index contributed by atoms with van der Waals surface area (Å²) in [5.74, 6) is -0.936. The normalized spacial score (nSPS) is 12.5. The van der Waals surface area contributed by atoms with Gasteiger partial charge in [0.2, 0.25) is 0 Å². The Labute approximate surface area is 120 Å². The zero-order chi connectivity index (χ0) is 14.8. The molecule has 0 saturated heterocycles. The maximum atomic E-state index is 13.7. The van der Waals surface area contributed by atoms with E-state index in [1.54, 1.807) is 12.4 Å². The number of benzene rings is 2. The van der Waals surface area contributed by atoms with E-state index in [1.807, 2.05) is 18.2 Å². The second kappa shape index (κ2) is 5.54. The van der Waals surface area contributed by atoms with E-state index in [1.165, 1.54) is 6.07 Å². The molecule has 0 bridgehead atoms. The van der Waals surface area contributed by atoms with Gasteiger partial charge in [0.25, 0.3) is 0 Å². The fourth-order valence-electron chi connectivity index (χ4n) is 2.36. The van der Waals surface area contributed by atoms with E-state index >= 15 is 0 Å². The number of fused-ring (bicyclic) bond motifs is 1. The third kappa shape index (κ3) is 2.73. The smallest absolute Gasteiger partial charge is 0.126 e. The predicted octanol–water partition coefficient (Wildman–Crippen LogP) is 3.15. The van der Waals surface area contributed by atoms with E-state index < -0.39 is 17.7 Å². The Bertz CT molecular complexity index is 784. The SMILES string of the molecule is NC(Cc1cc(F)ccc1F)c1cccc2nccnc12. The van der Waals surface area contributed by atoms with Gasteiger partial charge in [0.05, 0.1) is 11.0 Å². The van der Waals surface area contributed by atoms with Crippen LogP contribution in [0.25, 0.3) is 11.0 Å². The average Bonchev–Trinajstić information content (AvgIpc) is 2.50.